The number of nitrogens with zero attached hydrogens (tertiary/aromatic N) is 9. The summed E-state index contributed by atoms with van der Waals surface area (Å²) < 4.78 is 5.24. The minimum atomic E-state index is -0.416. The van der Waals surface area contributed by atoms with Crippen molar-refractivity contribution in [1.82, 2.24) is 45.6 Å². The zero-order chi connectivity index (χ0) is 43.8. The summed E-state index contributed by atoms with van der Waals surface area (Å²) in [6.07, 6.45) is 4.19. The largest absolute Gasteiger partial charge is 0.372 e. The number of carbonyl (C=O) groups is 3. The van der Waals surface area contributed by atoms with E-state index in [0.717, 1.165) is 98.1 Å². The molecular formula is C47H54N12O4. The molecule has 0 spiro atoms. The summed E-state index contributed by atoms with van der Waals surface area (Å²) in [6, 6.07) is 22.1. The van der Waals surface area contributed by atoms with E-state index in [1.54, 1.807) is 11.2 Å². The van der Waals surface area contributed by atoms with Crippen molar-refractivity contribution in [3.05, 3.63) is 95.9 Å². The molecule has 326 valence electrons. The lowest BCUT2D eigenvalue weighted by Crippen LogP contribution is -2.49. The number of H-pyrrole nitrogens is 1. The molecule has 3 saturated heterocycles. The number of benzene rings is 3. The van der Waals surface area contributed by atoms with Gasteiger partial charge in [0.05, 0.1) is 6.04 Å². The Morgan fingerprint density at radius 3 is 2.17 bits per heavy atom. The van der Waals surface area contributed by atoms with Gasteiger partial charge in [-0.2, -0.15) is 4.98 Å². The van der Waals surface area contributed by atoms with Gasteiger partial charge in [-0.1, -0.05) is 38.1 Å². The van der Waals surface area contributed by atoms with E-state index < -0.39 is 5.91 Å². The number of imidazole rings is 1. The molecule has 0 radical (unpaired) electrons. The van der Waals surface area contributed by atoms with E-state index in [2.05, 4.69) is 92.9 Å². The third-order valence-electron chi connectivity index (χ3n) is 12.5. The Bertz CT molecular complexity index is 2620. The Morgan fingerprint density at radius 2 is 1.51 bits per heavy atom. The predicted molar refractivity (Wildman–Crippen MR) is 242 cm³/mol. The highest BCUT2D eigenvalue weighted by molar-refractivity contribution is 6.05. The summed E-state index contributed by atoms with van der Waals surface area (Å²) in [5, 5.41) is 9.36. The van der Waals surface area contributed by atoms with Crippen LogP contribution in [0.2, 0.25) is 0 Å². The Hall–Kier alpha value is -6.68. The molecule has 3 aromatic carbocycles. The summed E-state index contributed by atoms with van der Waals surface area (Å²) in [4.78, 5) is 67.7. The number of piperidine rings is 1. The number of anilines is 3. The van der Waals surface area contributed by atoms with E-state index in [9.17, 15) is 14.4 Å². The first-order valence-electron chi connectivity index (χ1n) is 21.9. The van der Waals surface area contributed by atoms with E-state index in [1.807, 2.05) is 58.9 Å². The second-order valence-corrected chi connectivity index (χ2v) is 18.0. The Labute approximate surface area is 366 Å². The van der Waals surface area contributed by atoms with Gasteiger partial charge in [0, 0.05) is 92.4 Å². The average molecular weight is 851 g/mol. The number of nitrogens with one attached hydrogen (secondary N) is 3. The van der Waals surface area contributed by atoms with Crippen LogP contribution in [-0.2, 0) is 10.2 Å². The Balaban J connectivity index is 0.768. The molecule has 0 unspecified atom stereocenters. The molecule has 3 aromatic heterocycles. The molecule has 6 aromatic rings. The van der Waals surface area contributed by atoms with Crippen LogP contribution in [0.1, 0.15) is 80.6 Å². The maximum atomic E-state index is 12.9. The molecule has 0 saturated carbocycles. The van der Waals surface area contributed by atoms with Crippen molar-refractivity contribution in [2.75, 3.05) is 67.1 Å². The van der Waals surface area contributed by atoms with Gasteiger partial charge < -0.3 is 24.6 Å². The van der Waals surface area contributed by atoms with Gasteiger partial charge in [-0.25, -0.2) is 19.7 Å². The lowest BCUT2D eigenvalue weighted by molar-refractivity contribution is -0.120. The minimum Gasteiger partial charge on any atom is -0.372 e. The molecule has 9 rings (SSSR count). The first-order valence-corrected chi connectivity index (χ1v) is 21.9. The second kappa shape index (κ2) is 17.2. The minimum absolute atomic E-state index is 0.0537. The number of urea groups is 1. The van der Waals surface area contributed by atoms with Crippen LogP contribution in [0.4, 0.5) is 21.9 Å². The van der Waals surface area contributed by atoms with E-state index in [-0.39, 0.29) is 29.3 Å². The fourth-order valence-electron chi connectivity index (χ4n) is 8.85. The molecule has 6 heterocycles. The summed E-state index contributed by atoms with van der Waals surface area (Å²) in [7, 11) is 0. The number of amides is 4. The number of hydrogen-bond donors (Lipinski definition) is 3. The summed E-state index contributed by atoms with van der Waals surface area (Å²) >= 11 is 0. The van der Waals surface area contributed by atoms with Crippen LogP contribution in [0.15, 0.2) is 77.6 Å². The molecule has 3 aliphatic rings. The molecule has 0 aliphatic carbocycles. The van der Waals surface area contributed by atoms with Crippen LogP contribution >= 0.6 is 0 Å². The highest BCUT2D eigenvalue weighted by Gasteiger charge is 2.28. The molecule has 3 fully saturated rings. The van der Waals surface area contributed by atoms with E-state index in [1.165, 1.54) is 11.4 Å². The Kier molecular flexibility index (Phi) is 11.4. The number of aromatic nitrogens is 6. The van der Waals surface area contributed by atoms with Crippen LogP contribution in [0, 0.1) is 12.8 Å². The quantitative estimate of drug-likeness (QED) is 0.134. The molecule has 0 bridgehead atoms. The lowest BCUT2D eigenvalue weighted by atomic mass is 9.95. The third kappa shape index (κ3) is 8.98. The smallest absolute Gasteiger partial charge is 0.328 e. The van der Waals surface area contributed by atoms with Crippen LogP contribution in [0.25, 0.3) is 33.8 Å². The fourth-order valence-corrected chi connectivity index (χ4v) is 8.85. The highest BCUT2D eigenvalue weighted by Crippen LogP contribution is 2.32. The van der Waals surface area contributed by atoms with Gasteiger partial charge >= 0.3 is 17.8 Å². The van der Waals surface area contributed by atoms with Crippen molar-refractivity contribution >= 4 is 46.1 Å². The van der Waals surface area contributed by atoms with Gasteiger partial charge in [0.1, 0.15) is 23.4 Å². The van der Waals surface area contributed by atoms with Crippen molar-refractivity contribution in [1.29, 1.82) is 0 Å². The first kappa shape index (κ1) is 41.7. The maximum Gasteiger partial charge on any atom is 0.328 e. The van der Waals surface area contributed by atoms with E-state index in [4.69, 9.17) is 9.51 Å². The van der Waals surface area contributed by atoms with Crippen molar-refractivity contribution in [2.24, 2.45) is 5.92 Å². The molecule has 3 aliphatic heterocycles. The van der Waals surface area contributed by atoms with Gasteiger partial charge in [-0.3, -0.25) is 24.7 Å². The van der Waals surface area contributed by atoms with Gasteiger partial charge in [0.15, 0.2) is 11.5 Å². The average Bonchev–Trinajstić information content (AvgIpc) is 3.97. The topological polar surface area (TPSA) is 182 Å². The SMILES string of the molecule is Cc1cc(-c2ncnc3[nH]c(-c4ccc(N5CCN(CC6CCN(c7ccc(N8CCC(=O)NC8=O)cc7)CC6)CC5)cc4)nc23)ccc1[C@@H](C)NC(=O)c1nc(C(C)(C)C)no1. The molecular weight excluding hydrogens is 797 g/mol. The zero-order valence-corrected chi connectivity index (χ0v) is 36.5. The number of hydrogen-bond acceptors (Lipinski definition) is 12. The van der Waals surface area contributed by atoms with Gasteiger partial charge in [0.2, 0.25) is 5.91 Å². The van der Waals surface area contributed by atoms with Crippen LogP contribution in [-0.4, -0.2) is 105 Å². The van der Waals surface area contributed by atoms with Crippen molar-refractivity contribution in [3.63, 3.8) is 0 Å². The number of imide groups is 1. The molecule has 3 N–H and O–H groups in total. The number of carbonyl (C=O) groups excluding carboxylic acids is 3. The van der Waals surface area contributed by atoms with E-state index in [0.29, 0.717) is 35.9 Å². The second-order valence-electron chi connectivity index (χ2n) is 18.0. The molecule has 1 atom stereocenters. The number of piperazine rings is 1. The van der Waals surface area contributed by atoms with Crippen LogP contribution in [0.3, 0.4) is 0 Å². The lowest BCUT2D eigenvalue weighted by Gasteiger charge is -2.40. The fraction of sp³-hybridized carbons (Fsp3) is 0.404. The molecule has 4 amide bonds. The van der Waals surface area contributed by atoms with Crippen LogP contribution < -0.4 is 25.3 Å². The van der Waals surface area contributed by atoms with Crippen molar-refractivity contribution in [3.8, 4) is 22.6 Å². The third-order valence-corrected chi connectivity index (χ3v) is 12.5. The normalized spacial score (nSPS) is 17.3. The van der Waals surface area contributed by atoms with Crippen molar-refractivity contribution < 1.29 is 18.9 Å². The van der Waals surface area contributed by atoms with E-state index >= 15 is 0 Å². The predicted octanol–water partition coefficient (Wildman–Crippen LogP) is 6.65. The van der Waals surface area contributed by atoms with Crippen molar-refractivity contribution in [2.45, 2.75) is 65.3 Å². The first-order chi connectivity index (χ1) is 30.4. The zero-order valence-electron chi connectivity index (χ0n) is 36.5. The summed E-state index contributed by atoms with van der Waals surface area (Å²) in [6.45, 7) is 17.5. The Morgan fingerprint density at radius 1 is 0.841 bits per heavy atom. The number of aryl methyl sites for hydroxylation is 1. The van der Waals surface area contributed by atoms with Crippen LogP contribution in [0.5, 0.6) is 0 Å². The monoisotopic (exact) mass is 850 g/mol. The van der Waals surface area contributed by atoms with Gasteiger partial charge in [0.25, 0.3) is 0 Å². The number of rotatable bonds is 10. The molecule has 63 heavy (non-hydrogen) atoms. The summed E-state index contributed by atoms with van der Waals surface area (Å²) in [5.74, 6) is 1.20. The number of fused-ring (bicyclic) bond motifs is 1. The van der Waals surface area contributed by atoms with Gasteiger partial charge in [-0.05, 0) is 98.3 Å². The molecule has 16 nitrogen and oxygen atoms in total. The number of aromatic amines is 1. The maximum absolute atomic E-state index is 12.9. The summed E-state index contributed by atoms with van der Waals surface area (Å²) in [5.41, 5.74) is 8.79. The standard InChI is InChI=1S/C47H54N12O4/c1-29-26-33(8-15-37(29)30(2)50-43(61)44-54-45(55-63-44)47(3,4)5)39-40-42(49-28-48-39)53-41(52-40)32-6-9-34(10-7-32)58-24-22-56(23-25-58)27-31-16-19-57(20-17-31)35-11-13-36(14-12-35)59-21-18-38(60)51-46(59)62/h6-15,26,28,30-31H,16-25,27H2,1-5H3,(H,50,61)(H,51,60,62)(H,48,49,52,53)/t30-/m1/s1. The highest BCUT2D eigenvalue weighted by atomic mass is 16.5. The molecule has 16 heteroatoms. The van der Waals surface area contributed by atoms with Gasteiger partial charge in [-0.15, -0.1) is 0 Å².